The highest BCUT2D eigenvalue weighted by atomic mass is 35.5. The Bertz CT molecular complexity index is 753. The molecule has 2 aromatic carbocycles. The average molecular weight is 326 g/mol. The van der Waals surface area contributed by atoms with Crippen LogP contribution in [0.4, 0.5) is 0 Å². The summed E-state index contributed by atoms with van der Waals surface area (Å²) in [6.07, 6.45) is 5.38. The Morgan fingerprint density at radius 2 is 1.87 bits per heavy atom. The van der Waals surface area contributed by atoms with Gasteiger partial charge < -0.3 is 9.40 Å². The van der Waals surface area contributed by atoms with E-state index in [4.69, 9.17) is 16.4 Å². The third-order valence-electron chi connectivity index (χ3n) is 3.32. The van der Waals surface area contributed by atoms with Gasteiger partial charge in [-0.3, -0.25) is 0 Å². The van der Waals surface area contributed by atoms with Crippen molar-refractivity contribution in [1.82, 2.24) is 9.55 Å². The first-order chi connectivity index (χ1) is 11.3. The number of benzene rings is 2. The molecule has 0 radical (unpaired) electrons. The Balaban J connectivity index is 1.76. The van der Waals surface area contributed by atoms with Crippen LogP contribution in [0.3, 0.4) is 0 Å². The lowest BCUT2D eigenvalue weighted by molar-refractivity contribution is 0.130. The second-order valence-corrected chi connectivity index (χ2v) is 5.48. The van der Waals surface area contributed by atoms with Crippen LogP contribution in [-0.2, 0) is 18.0 Å². The van der Waals surface area contributed by atoms with Gasteiger partial charge in [0, 0.05) is 23.0 Å². The van der Waals surface area contributed by atoms with Gasteiger partial charge in [-0.1, -0.05) is 59.2 Å². The first kappa shape index (κ1) is 15.3. The number of hydrogen-bond donors (Lipinski definition) is 0. The normalized spacial score (nSPS) is 11.4. The Hall–Kier alpha value is -2.59. The SMILES string of the molecule is Clc1ccc(/C(Cn2ccnc2)=N\OCc2ccccc2)cc1. The van der Waals surface area contributed by atoms with Crippen molar-refractivity contribution in [1.29, 1.82) is 0 Å². The van der Waals surface area contributed by atoms with Gasteiger partial charge in [0.1, 0.15) is 12.3 Å². The second kappa shape index (κ2) is 7.61. The van der Waals surface area contributed by atoms with Gasteiger partial charge in [0.15, 0.2) is 0 Å². The first-order valence-corrected chi connectivity index (χ1v) is 7.63. The lowest BCUT2D eigenvalue weighted by Gasteiger charge is -2.08. The van der Waals surface area contributed by atoms with Crippen molar-refractivity contribution in [3.8, 4) is 0 Å². The van der Waals surface area contributed by atoms with Crippen LogP contribution in [0.2, 0.25) is 5.02 Å². The largest absolute Gasteiger partial charge is 0.391 e. The van der Waals surface area contributed by atoms with Crippen LogP contribution in [-0.4, -0.2) is 15.3 Å². The van der Waals surface area contributed by atoms with E-state index in [2.05, 4.69) is 10.1 Å². The van der Waals surface area contributed by atoms with Crippen molar-refractivity contribution in [3.05, 3.63) is 89.5 Å². The van der Waals surface area contributed by atoms with Crippen LogP contribution in [0.25, 0.3) is 0 Å². The molecule has 0 aliphatic rings. The topological polar surface area (TPSA) is 39.4 Å². The van der Waals surface area contributed by atoms with Gasteiger partial charge in [-0.15, -0.1) is 0 Å². The molecule has 23 heavy (non-hydrogen) atoms. The minimum absolute atomic E-state index is 0.432. The van der Waals surface area contributed by atoms with Crippen molar-refractivity contribution in [2.75, 3.05) is 0 Å². The molecule has 1 heterocycles. The number of halogens is 1. The van der Waals surface area contributed by atoms with E-state index in [-0.39, 0.29) is 0 Å². The molecule has 0 saturated heterocycles. The third kappa shape index (κ3) is 4.44. The number of hydrogen-bond acceptors (Lipinski definition) is 3. The average Bonchev–Trinajstić information content (AvgIpc) is 3.09. The van der Waals surface area contributed by atoms with E-state index in [1.54, 1.807) is 12.5 Å². The molecular weight excluding hydrogens is 310 g/mol. The monoisotopic (exact) mass is 325 g/mol. The molecule has 0 aliphatic carbocycles. The van der Waals surface area contributed by atoms with E-state index in [0.717, 1.165) is 16.8 Å². The summed E-state index contributed by atoms with van der Waals surface area (Å²) in [5.41, 5.74) is 2.86. The molecule has 4 nitrogen and oxygen atoms in total. The molecule has 0 spiro atoms. The van der Waals surface area contributed by atoms with Crippen LogP contribution in [0.1, 0.15) is 11.1 Å². The van der Waals surface area contributed by atoms with E-state index >= 15 is 0 Å². The number of aromatic nitrogens is 2. The second-order valence-electron chi connectivity index (χ2n) is 5.04. The van der Waals surface area contributed by atoms with Gasteiger partial charge in [0.25, 0.3) is 0 Å². The molecule has 5 heteroatoms. The number of nitrogens with zero attached hydrogens (tertiary/aromatic N) is 3. The van der Waals surface area contributed by atoms with Crippen LogP contribution in [0.5, 0.6) is 0 Å². The van der Waals surface area contributed by atoms with Crippen LogP contribution < -0.4 is 0 Å². The summed E-state index contributed by atoms with van der Waals surface area (Å²) < 4.78 is 1.94. The minimum Gasteiger partial charge on any atom is -0.391 e. The highest BCUT2D eigenvalue weighted by molar-refractivity contribution is 6.30. The molecular formula is C18H16ClN3O. The standard InChI is InChI=1S/C18H16ClN3O/c19-17-8-6-16(7-9-17)18(12-22-11-10-20-14-22)21-23-13-15-4-2-1-3-5-15/h1-11,14H,12-13H2/b21-18-. The smallest absolute Gasteiger partial charge is 0.142 e. The molecule has 3 rings (SSSR count). The van der Waals surface area contributed by atoms with Gasteiger partial charge >= 0.3 is 0 Å². The lowest BCUT2D eigenvalue weighted by Crippen LogP contribution is -2.11. The van der Waals surface area contributed by atoms with Gasteiger partial charge in [0.2, 0.25) is 0 Å². The maximum Gasteiger partial charge on any atom is 0.142 e. The summed E-state index contributed by atoms with van der Waals surface area (Å²) in [4.78, 5) is 9.59. The predicted octanol–water partition coefficient (Wildman–Crippen LogP) is 4.16. The molecule has 0 bridgehead atoms. The molecule has 0 amide bonds. The van der Waals surface area contributed by atoms with Crippen molar-refractivity contribution in [2.24, 2.45) is 5.16 Å². The summed E-state index contributed by atoms with van der Waals surface area (Å²) in [5.74, 6) is 0. The maximum atomic E-state index is 5.96. The van der Waals surface area contributed by atoms with Gasteiger partial charge in [0.05, 0.1) is 12.9 Å². The third-order valence-corrected chi connectivity index (χ3v) is 3.57. The highest BCUT2D eigenvalue weighted by Crippen LogP contribution is 2.12. The quantitative estimate of drug-likeness (QED) is 0.504. The molecule has 0 unspecified atom stereocenters. The van der Waals surface area contributed by atoms with Crippen LogP contribution in [0, 0.1) is 0 Å². The van der Waals surface area contributed by atoms with Crippen molar-refractivity contribution < 1.29 is 4.84 Å². The van der Waals surface area contributed by atoms with E-state index in [0.29, 0.717) is 18.2 Å². The summed E-state index contributed by atoms with van der Waals surface area (Å²) in [5, 5.41) is 5.01. The molecule has 1 aromatic heterocycles. The van der Waals surface area contributed by atoms with Crippen molar-refractivity contribution in [3.63, 3.8) is 0 Å². The van der Waals surface area contributed by atoms with Crippen LogP contribution in [0.15, 0.2) is 78.5 Å². The summed E-state index contributed by atoms with van der Waals surface area (Å²) in [6, 6.07) is 17.5. The highest BCUT2D eigenvalue weighted by Gasteiger charge is 2.06. The zero-order valence-electron chi connectivity index (χ0n) is 12.5. The van der Waals surface area contributed by atoms with E-state index in [1.807, 2.05) is 65.4 Å². The lowest BCUT2D eigenvalue weighted by atomic mass is 10.1. The Kier molecular flexibility index (Phi) is 5.06. The summed E-state index contributed by atoms with van der Waals surface area (Å²) >= 11 is 5.96. The predicted molar refractivity (Wildman–Crippen MR) is 91.4 cm³/mol. The van der Waals surface area contributed by atoms with Crippen molar-refractivity contribution >= 4 is 17.3 Å². The molecule has 3 aromatic rings. The molecule has 0 aliphatic heterocycles. The molecule has 0 N–H and O–H groups in total. The molecule has 0 fully saturated rings. The number of imidazole rings is 1. The zero-order chi connectivity index (χ0) is 15.9. The fourth-order valence-corrected chi connectivity index (χ4v) is 2.25. The van der Waals surface area contributed by atoms with E-state index in [9.17, 15) is 0 Å². The minimum atomic E-state index is 0.432. The number of rotatable bonds is 6. The summed E-state index contributed by atoms with van der Waals surface area (Å²) in [6.45, 7) is 1.01. The number of oxime groups is 1. The molecule has 116 valence electrons. The van der Waals surface area contributed by atoms with Gasteiger partial charge in [-0.25, -0.2) is 4.98 Å². The van der Waals surface area contributed by atoms with Crippen molar-refractivity contribution in [2.45, 2.75) is 13.2 Å². The van der Waals surface area contributed by atoms with E-state index < -0.39 is 0 Å². The fraction of sp³-hybridized carbons (Fsp3) is 0.111. The van der Waals surface area contributed by atoms with Crippen LogP contribution >= 0.6 is 11.6 Å². The zero-order valence-corrected chi connectivity index (χ0v) is 13.2. The Morgan fingerprint density at radius 1 is 1.09 bits per heavy atom. The Labute approximate surface area is 140 Å². The molecule has 0 saturated carbocycles. The molecule has 0 atom stereocenters. The summed E-state index contributed by atoms with van der Waals surface area (Å²) in [7, 11) is 0. The fourth-order valence-electron chi connectivity index (χ4n) is 2.13. The maximum absolute atomic E-state index is 5.96. The van der Waals surface area contributed by atoms with Gasteiger partial charge in [-0.2, -0.15) is 0 Å². The Morgan fingerprint density at radius 3 is 2.57 bits per heavy atom. The first-order valence-electron chi connectivity index (χ1n) is 7.26. The van der Waals surface area contributed by atoms with Gasteiger partial charge in [-0.05, 0) is 17.7 Å². The van der Waals surface area contributed by atoms with E-state index in [1.165, 1.54) is 0 Å².